The van der Waals surface area contributed by atoms with Gasteiger partial charge in [-0.15, -0.1) is 12.6 Å². The van der Waals surface area contributed by atoms with Crippen LogP contribution in [0.25, 0.3) is 11.1 Å². The molecule has 1 atom stereocenters. The fourth-order valence-electron chi connectivity index (χ4n) is 2.05. The maximum atomic E-state index is 4.55. The van der Waals surface area contributed by atoms with Crippen molar-refractivity contribution < 1.29 is 0 Å². The first-order chi connectivity index (χ1) is 7.36. The molecular weight excluding hydrogens is 202 g/mol. The van der Waals surface area contributed by atoms with E-state index < -0.39 is 0 Å². The van der Waals surface area contributed by atoms with Crippen LogP contribution < -0.4 is 5.32 Å². The van der Waals surface area contributed by atoms with Gasteiger partial charge < -0.3 is 5.32 Å². The maximum Gasteiger partial charge on any atom is 0.0957 e. The Morgan fingerprint density at radius 2 is 1.53 bits per heavy atom. The molecule has 0 saturated carbocycles. The van der Waals surface area contributed by atoms with Crippen LogP contribution in [-0.4, -0.2) is 0 Å². The molecule has 1 N–H and O–H groups in total. The monoisotopic (exact) mass is 213 g/mol. The maximum absolute atomic E-state index is 4.55. The fourth-order valence-corrected chi connectivity index (χ4v) is 2.41. The van der Waals surface area contributed by atoms with E-state index in [4.69, 9.17) is 0 Å². The average Bonchev–Trinajstić information content (AvgIpc) is 2.30. The highest BCUT2D eigenvalue weighted by Gasteiger charge is 2.19. The second-order valence-corrected chi connectivity index (χ2v) is 4.20. The third-order valence-corrected chi connectivity index (χ3v) is 3.17. The zero-order chi connectivity index (χ0) is 10.3. The Hall–Kier alpha value is -1.41. The molecule has 0 radical (unpaired) electrons. The van der Waals surface area contributed by atoms with Crippen molar-refractivity contribution in [3.63, 3.8) is 0 Å². The highest BCUT2D eigenvalue weighted by molar-refractivity contribution is 7.80. The van der Waals surface area contributed by atoms with Crippen LogP contribution in [0.2, 0.25) is 0 Å². The lowest BCUT2D eigenvalue weighted by molar-refractivity contribution is 1.10. The van der Waals surface area contributed by atoms with Crippen LogP contribution in [0.4, 0.5) is 5.69 Å². The second kappa shape index (κ2) is 3.31. The molecule has 1 nitrogen and oxygen atoms in total. The number of thiol groups is 1. The van der Waals surface area contributed by atoms with E-state index in [1.54, 1.807) is 0 Å². The number of hydrogen-bond donors (Lipinski definition) is 2. The Morgan fingerprint density at radius 1 is 0.867 bits per heavy atom. The van der Waals surface area contributed by atoms with Gasteiger partial charge in [-0.25, -0.2) is 0 Å². The van der Waals surface area contributed by atoms with Crippen molar-refractivity contribution in [2.75, 3.05) is 5.32 Å². The molecule has 0 fully saturated rings. The van der Waals surface area contributed by atoms with Crippen LogP contribution in [0.1, 0.15) is 10.9 Å². The molecule has 0 spiro atoms. The molecular formula is C13H11NS. The van der Waals surface area contributed by atoms with Gasteiger partial charge in [0.2, 0.25) is 0 Å². The smallest absolute Gasteiger partial charge is 0.0957 e. The lowest BCUT2D eigenvalue weighted by atomic mass is 9.95. The summed E-state index contributed by atoms with van der Waals surface area (Å²) in [5, 5.41) is 3.47. The van der Waals surface area contributed by atoms with E-state index in [1.165, 1.54) is 16.7 Å². The van der Waals surface area contributed by atoms with E-state index in [0.717, 1.165) is 5.69 Å². The van der Waals surface area contributed by atoms with Crippen LogP contribution in [0.15, 0.2) is 48.5 Å². The summed E-state index contributed by atoms with van der Waals surface area (Å²) in [6.45, 7) is 0. The van der Waals surface area contributed by atoms with Crippen LogP contribution in [0.3, 0.4) is 0 Å². The van der Waals surface area contributed by atoms with Crippen molar-refractivity contribution in [3.8, 4) is 11.1 Å². The topological polar surface area (TPSA) is 12.0 Å². The van der Waals surface area contributed by atoms with Gasteiger partial charge in [-0.1, -0.05) is 42.5 Å². The predicted octanol–water partition coefficient (Wildman–Crippen LogP) is 3.71. The Kier molecular flexibility index (Phi) is 1.96. The molecule has 0 amide bonds. The minimum absolute atomic E-state index is 0.0936. The van der Waals surface area contributed by atoms with Crippen LogP contribution in [-0.2, 0) is 0 Å². The third kappa shape index (κ3) is 1.33. The van der Waals surface area contributed by atoms with Crippen molar-refractivity contribution >= 4 is 18.3 Å². The van der Waals surface area contributed by atoms with Crippen LogP contribution in [0, 0.1) is 0 Å². The molecule has 15 heavy (non-hydrogen) atoms. The van der Waals surface area contributed by atoms with Gasteiger partial charge in [0.15, 0.2) is 0 Å². The van der Waals surface area contributed by atoms with Crippen LogP contribution in [0.5, 0.6) is 0 Å². The van der Waals surface area contributed by atoms with E-state index in [9.17, 15) is 0 Å². The number of anilines is 1. The Morgan fingerprint density at radius 3 is 2.40 bits per heavy atom. The lowest BCUT2D eigenvalue weighted by Gasteiger charge is -2.26. The molecule has 0 aliphatic carbocycles. The summed E-state index contributed by atoms with van der Waals surface area (Å²) in [6.07, 6.45) is 0. The van der Waals surface area contributed by atoms with Crippen LogP contribution >= 0.6 is 12.6 Å². The first-order valence-electron chi connectivity index (χ1n) is 4.99. The zero-order valence-electron chi connectivity index (χ0n) is 8.14. The summed E-state index contributed by atoms with van der Waals surface area (Å²) in [5.74, 6) is 0. The van der Waals surface area contributed by atoms with Crippen molar-refractivity contribution in [3.05, 3.63) is 54.1 Å². The van der Waals surface area contributed by atoms with E-state index in [1.807, 2.05) is 6.07 Å². The van der Waals surface area contributed by atoms with E-state index in [2.05, 4.69) is 60.4 Å². The molecule has 0 saturated heterocycles. The molecule has 1 unspecified atom stereocenters. The standard InChI is InChI=1S/C13H11NS/c15-13-11-7-2-1-5-9(11)10-6-3-4-8-12(10)14-13/h1-8,13-15H. The largest absolute Gasteiger partial charge is 0.369 e. The van der Waals surface area contributed by atoms with E-state index in [0.29, 0.717) is 0 Å². The van der Waals surface area contributed by atoms with E-state index in [-0.39, 0.29) is 5.37 Å². The second-order valence-electron chi connectivity index (χ2n) is 3.68. The highest BCUT2D eigenvalue weighted by atomic mass is 32.1. The zero-order valence-corrected chi connectivity index (χ0v) is 9.04. The SMILES string of the molecule is SC1Nc2ccccc2-c2ccccc21. The van der Waals surface area contributed by atoms with Crippen molar-refractivity contribution in [2.24, 2.45) is 0 Å². The van der Waals surface area contributed by atoms with Crippen molar-refractivity contribution in [1.29, 1.82) is 0 Å². The first-order valence-corrected chi connectivity index (χ1v) is 5.51. The Bertz CT molecular complexity index is 507. The summed E-state index contributed by atoms with van der Waals surface area (Å²) in [5.41, 5.74) is 4.96. The summed E-state index contributed by atoms with van der Waals surface area (Å²) in [6, 6.07) is 16.7. The Balaban J connectivity index is 2.30. The molecule has 1 aliphatic rings. The number of fused-ring (bicyclic) bond motifs is 3. The predicted molar refractivity (Wildman–Crippen MR) is 67.2 cm³/mol. The molecule has 3 rings (SSSR count). The van der Waals surface area contributed by atoms with Gasteiger partial charge in [0.05, 0.1) is 5.37 Å². The molecule has 2 heteroatoms. The fraction of sp³-hybridized carbons (Fsp3) is 0.0769. The summed E-state index contributed by atoms with van der Waals surface area (Å²) in [4.78, 5) is 0. The minimum Gasteiger partial charge on any atom is -0.369 e. The number of para-hydroxylation sites is 1. The highest BCUT2D eigenvalue weighted by Crippen LogP contribution is 2.41. The van der Waals surface area contributed by atoms with Gasteiger partial charge in [-0.2, -0.15) is 0 Å². The van der Waals surface area contributed by atoms with Gasteiger partial charge in [0.1, 0.15) is 0 Å². The molecule has 2 aromatic carbocycles. The number of rotatable bonds is 0. The molecule has 74 valence electrons. The third-order valence-electron chi connectivity index (χ3n) is 2.76. The average molecular weight is 213 g/mol. The normalized spacial score (nSPS) is 17.5. The molecule has 1 heterocycles. The quantitative estimate of drug-likeness (QED) is 0.636. The molecule has 1 aliphatic heterocycles. The number of hydrogen-bond acceptors (Lipinski definition) is 2. The summed E-state index contributed by atoms with van der Waals surface area (Å²) < 4.78 is 0. The van der Waals surface area contributed by atoms with Gasteiger partial charge in [0, 0.05) is 11.3 Å². The summed E-state index contributed by atoms with van der Waals surface area (Å²) >= 11 is 4.55. The van der Waals surface area contributed by atoms with Gasteiger partial charge in [-0.05, 0) is 17.2 Å². The minimum atomic E-state index is 0.0936. The summed E-state index contributed by atoms with van der Waals surface area (Å²) in [7, 11) is 0. The Labute approximate surface area is 94.6 Å². The van der Waals surface area contributed by atoms with E-state index >= 15 is 0 Å². The van der Waals surface area contributed by atoms with Gasteiger partial charge >= 0.3 is 0 Å². The van der Waals surface area contributed by atoms with Crippen molar-refractivity contribution in [2.45, 2.75) is 5.37 Å². The van der Waals surface area contributed by atoms with Gasteiger partial charge in [-0.3, -0.25) is 0 Å². The molecule has 0 aromatic heterocycles. The number of nitrogens with one attached hydrogen (secondary N) is 1. The molecule has 2 aromatic rings. The van der Waals surface area contributed by atoms with Crippen molar-refractivity contribution in [1.82, 2.24) is 0 Å². The first kappa shape index (κ1) is 8.86. The molecule has 0 bridgehead atoms. The van der Waals surface area contributed by atoms with Gasteiger partial charge in [0.25, 0.3) is 0 Å². The lowest BCUT2D eigenvalue weighted by Crippen LogP contribution is -2.11. The number of benzene rings is 2.